The predicted molar refractivity (Wildman–Crippen MR) is 108 cm³/mol. The largest absolute Gasteiger partial charge is 0.327 e. The van der Waals surface area contributed by atoms with Crippen LogP contribution in [0.3, 0.4) is 0 Å². The Bertz CT molecular complexity index is 826. The quantitative estimate of drug-likeness (QED) is 0.558. The maximum Gasteiger partial charge on any atom is 0.0595 e. The number of hydrogen-bond donors (Lipinski definition) is 1. The number of benzene rings is 3. The van der Waals surface area contributed by atoms with Gasteiger partial charge in [-0.1, -0.05) is 83.9 Å². The molecule has 2 N–H and O–H groups in total. The molecule has 1 nitrogen and oxygen atoms in total. The molecule has 0 aliphatic carbocycles. The topological polar surface area (TPSA) is 26.0 Å². The smallest absolute Gasteiger partial charge is 0.0595 e. The lowest BCUT2D eigenvalue weighted by Gasteiger charge is -2.22. The highest BCUT2D eigenvalue weighted by Gasteiger charge is 2.17. The van der Waals surface area contributed by atoms with Crippen LogP contribution in [-0.4, -0.2) is 6.04 Å². The van der Waals surface area contributed by atoms with Gasteiger partial charge >= 0.3 is 0 Å². The third-order valence-corrected chi connectivity index (χ3v) is 5.26. The summed E-state index contributed by atoms with van der Waals surface area (Å²) in [6.07, 6.45) is 0.833. The highest BCUT2D eigenvalue weighted by Crippen LogP contribution is 2.29. The van der Waals surface area contributed by atoms with E-state index >= 15 is 0 Å². The maximum atomic E-state index is 6.27. The summed E-state index contributed by atoms with van der Waals surface area (Å²) in [6.45, 7) is 2.05. The van der Waals surface area contributed by atoms with E-state index in [1.807, 2.05) is 31.2 Å². The Kier molecular flexibility index (Phi) is 5.80. The van der Waals surface area contributed by atoms with Crippen molar-refractivity contribution in [1.29, 1.82) is 0 Å². The summed E-state index contributed by atoms with van der Waals surface area (Å²) >= 11 is 12.2. The molecule has 0 spiro atoms. The monoisotopic (exact) mass is 369 g/mol. The lowest BCUT2D eigenvalue weighted by Crippen LogP contribution is -2.26. The van der Waals surface area contributed by atoms with Crippen LogP contribution in [-0.2, 0) is 6.42 Å². The molecule has 0 unspecified atom stereocenters. The van der Waals surface area contributed by atoms with Gasteiger partial charge in [-0.2, -0.15) is 0 Å². The summed E-state index contributed by atoms with van der Waals surface area (Å²) in [5.41, 5.74) is 11.1. The van der Waals surface area contributed by atoms with E-state index in [2.05, 4.69) is 48.5 Å². The van der Waals surface area contributed by atoms with Gasteiger partial charge in [-0.05, 0) is 47.7 Å². The van der Waals surface area contributed by atoms with E-state index in [9.17, 15) is 0 Å². The molecule has 0 saturated heterocycles. The molecule has 0 fully saturated rings. The van der Waals surface area contributed by atoms with Gasteiger partial charge in [-0.15, -0.1) is 0 Å². The van der Waals surface area contributed by atoms with E-state index < -0.39 is 0 Å². The molecule has 3 aromatic rings. The average molecular weight is 370 g/mol. The first-order valence-corrected chi connectivity index (χ1v) is 9.15. The molecule has 3 rings (SSSR count). The van der Waals surface area contributed by atoms with Crippen molar-refractivity contribution in [2.24, 2.45) is 5.73 Å². The van der Waals surface area contributed by atoms with Crippen molar-refractivity contribution in [2.75, 3.05) is 0 Å². The molecule has 0 radical (unpaired) electrons. The molecule has 0 aliphatic rings. The van der Waals surface area contributed by atoms with Crippen molar-refractivity contribution in [3.63, 3.8) is 0 Å². The highest BCUT2D eigenvalue weighted by atomic mass is 35.5. The second-order valence-electron chi connectivity index (χ2n) is 6.41. The van der Waals surface area contributed by atoms with Crippen LogP contribution < -0.4 is 5.73 Å². The molecule has 0 amide bonds. The average Bonchev–Trinajstić information content (AvgIpc) is 2.63. The van der Waals surface area contributed by atoms with Crippen LogP contribution in [0.4, 0.5) is 0 Å². The summed E-state index contributed by atoms with van der Waals surface area (Å²) in [5.74, 6) is 0.224. The minimum absolute atomic E-state index is 0.0389. The van der Waals surface area contributed by atoms with E-state index in [-0.39, 0.29) is 12.0 Å². The molecule has 0 aromatic heterocycles. The predicted octanol–water partition coefficient (Wildman–Crippen LogP) is 6.33. The van der Waals surface area contributed by atoms with E-state index in [0.717, 1.165) is 12.0 Å². The number of rotatable bonds is 5. The Morgan fingerprint density at radius 3 is 2.04 bits per heavy atom. The molecule has 3 heteroatoms. The van der Waals surface area contributed by atoms with Crippen molar-refractivity contribution in [1.82, 2.24) is 0 Å². The third-order valence-electron chi connectivity index (χ3n) is 4.52. The van der Waals surface area contributed by atoms with Crippen LogP contribution in [0.25, 0.3) is 11.1 Å². The van der Waals surface area contributed by atoms with Crippen LogP contribution >= 0.6 is 23.2 Å². The van der Waals surface area contributed by atoms with Gasteiger partial charge < -0.3 is 5.73 Å². The molecular weight excluding hydrogens is 349 g/mol. The molecular formula is C22H21Cl2N. The fraction of sp³-hybridized carbons (Fsp3) is 0.182. The molecule has 25 heavy (non-hydrogen) atoms. The number of hydrogen-bond acceptors (Lipinski definition) is 1. The van der Waals surface area contributed by atoms with Gasteiger partial charge in [-0.3, -0.25) is 0 Å². The zero-order valence-electron chi connectivity index (χ0n) is 14.1. The Morgan fingerprint density at radius 2 is 1.44 bits per heavy atom. The first-order chi connectivity index (χ1) is 12.0. The van der Waals surface area contributed by atoms with Gasteiger partial charge in [-0.25, -0.2) is 0 Å². The van der Waals surface area contributed by atoms with Crippen LogP contribution in [0.5, 0.6) is 0 Å². The minimum Gasteiger partial charge on any atom is -0.327 e. The minimum atomic E-state index is 0.0389. The molecule has 0 saturated carbocycles. The van der Waals surface area contributed by atoms with Crippen LogP contribution in [0, 0.1) is 0 Å². The van der Waals surface area contributed by atoms with Gasteiger partial charge in [0.2, 0.25) is 0 Å². The van der Waals surface area contributed by atoms with E-state index in [0.29, 0.717) is 10.0 Å². The Morgan fingerprint density at radius 1 is 0.800 bits per heavy atom. The lowest BCUT2D eigenvalue weighted by atomic mass is 9.86. The van der Waals surface area contributed by atoms with Crippen LogP contribution in [0.1, 0.15) is 24.0 Å². The molecule has 0 aliphatic heterocycles. The van der Waals surface area contributed by atoms with Crippen molar-refractivity contribution >= 4 is 23.2 Å². The van der Waals surface area contributed by atoms with Gasteiger partial charge in [0, 0.05) is 12.0 Å². The molecule has 2 atom stereocenters. The van der Waals surface area contributed by atoms with E-state index in [1.165, 1.54) is 16.7 Å². The molecule has 128 valence electrons. The zero-order chi connectivity index (χ0) is 17.8. The van der Waals surface area contributed by atoms with Crippen LogP contribution in [0.2, 0.25) is 10.0 Å². The Hall–Kier alpha value is -1.80. The summed E-state index contributed by atoms with van der Waals surface area (Å²) in [4.78, 5) is 0. The van der Waals surface area contributed by atoms with Crippen molar-refractivity contribution in [3.8, 4) is 11.1 Å². The summed E-state index contributed by atoms with van der Waals surface area (Å²) in [6, 6.07) is 24.9. The fourth-order valence-electron chi connectivity index (χ4n) is 3.08. The molecule has 0 bridgehead atoms. The van der Waals surface area contributed by atoms with Gasteiger partial charge in [0.05, 0.1) is 10.0 Å². The second-order valence-corrected chi connectivity index (χ2v) is 7.22. The first-order valence-electron chi connectivity index (χ1n) is 8.39. The zero-order valence-corrected chi connectivity index (χ0v) is 15.6. The molecule has 0 heterocycles. The van der Waals surface area contributed by atoms with Gasteiger partial charge in [0.1, 0.15) is 0 Å². The number of halogens is 2. The van der Waals surface area contributed by atoms with Gasteiger partial charge in [0.15, 0.2) is 0 Å². The normalized spacial score (nSPS) is 13.4. The first kappa shape index (κ1) is 18.0. The Labute approximate surface area is 159 Å². The van der Waals surface area contributed by atoms with Crippen LogP contribution in [0.15, 0.2) is 72.8 Å². The molecule has 3 aromatic carbocycles. The second kappa shape index (κ2) is 8.05. The standard InChI is InChI=1S/C22H21Cl2N/c1-15(25)20(13-16-7-12-21(23)22(24)14-16)19-10-8-18(9-11-19)17-5-3-2-4-6-17/h2-12,14-15,20H,13,25H2,1H3/t15-,20+/m0/s1. The van der Waals surface area contributed by atoms with Gasteiger partial charge in [0.25, 0.3) is 0 Å². The lowest BCUT2D eigenvalue weighted by molar-refractivity contribution is 0.565. The van der Waals surface area contributed by atoms with Crippen molar-refractivity contribution in [3.05, 3.63) is 94.0 Å². The van der Waals surface area contributed by atoms with E-state index in [1.54, 1.807) is 0 Å². The number of nitrogens with two attached hydrogens (primary N) is 1. The SMILES string of the molecule is C[C@H](N)[C@@H](Cc1ccc(Cl)c(Cl)c1)c1ccc(-c2ccccc2)cc1. The Balaban J connectivity index is 1.84. The fourth-order valence-corrected chi connectivity index (χ4v) is 3.40. The maximum absolute atomic E-state index is 6.27. The summed E-state index contributed by atoms with van der Waals surface area (Å²) < 4.78 is 0. The van der Waals surface area contributed by atoms with Crippen molar-refractivity contribution in [2.45, 2.75) is 25.3 Å². The summed E-state index contributed by atoms with van der Waals surface area (Å²) in [5, 5.41) is 1.16. The van der Waals surface area contributed by atoms with E-state index in [4.69, 9.17) is 28.9 Å². The highest BCUT2D eigenvalue weighted by molar-refractivity contribution is 6.42. The third kappa shape index (κ3) is 4.43. The van der Waals surface area contributed by atoms with Crippen molar-refractivity contribution < 1.29 is 0 Å². The summed E-state index contributed by atoms with van der Waals surface area (Å²) in [7, 11) is 0.